The smallest absolute Gasteiger partial charge is 0.342 e. The maximum atomic E-state index is 6.03. The van der Waals surface area contributed by atoms with E-state index in [0.717, 1.165) is 12.0 Å². The van der Waals surface area contributed by atoms with Crippen molar-refractivity contribution in [1.82, 2.24) is 0 Å². The Morgan fingerprint density at radius 3 is 2.00 bits per heavy atom. The molecule has 0 spiro atoms. The first-order valence-electron chi connectivity index (χ1n) is 5.12. The molecule has 0 bridgehead atoms. The van der Waals surface area contributed by atoms with Crippen molar-refractivity contribution in [3.63, 3.8) is 0 Å². The van der Waals surface area contributed by atoms with Crippen LogP contribution in [0, 0.1) is 5.41 Å². The minimum atomic E-state index is -1.98. The molecule has 0 fully saturated rings. The number of hydrogen-bond acceptors (Lipinski definition) is 2. The molecule has 91 valence electrons. The predicted molar refractivity (Wildman–Crippen MR) is 74.1 cm³/mol. The summed E-state index contributed by atoms with van der Waals surface area (Å²) >= 11 is 0. The molecule has 1 unspecified atom stereocenters. The van der Waals surface area contributed by atoms with Gasteiger partial charge in [-0.25, -0.2) is 0 Å². The second kappa shape index (κ2) is 5.36. The number of hydrogen-bond donors (Lipinski definition) is 0. The third-order valence-corrected chi connectivity index (χ3v) is 9.77. The summed E-state index contributed by atoms with van der Waals surface area (Å²) in [4.78, 5) is 0. The fourth-order valence-corrected chi connectivity index (χ4v) is 10.4. The van der Waals surface area contributed by atoms with Crippen LogP contribution < -0.4 is 0 Å². The molecule has 0 aromatic rings. The molecule has 0 aliphatic heterocycles. The summed E-state index contributed by atoms with van der Waals surface area (Å²) in [5.74, 6) is 0. The molecule has 0 aliphatic carbocycles. The molecule has 2 nitrogen and oxygen atoms in total. The van der Waals surface area contributed by atoms with E-state index < -0.39 is 18.0 Å². The Morgan fingerprint density at radius 1 is 1.27 bits per heavy atom. The highest BCUT2D eigenvalue weighted by Gasteiger charge is 2.35. The normalized spacial score (nSPS) is 18.7. The molecule has 0 saturated carbocycles. The lowest BCUT2D eigenvalue weighted by molar-refractivity contribution is 0.143. The van der Waals surface area contributed by atoms with Crippen molar-refractivity contribution in [3.05, 3.63) is 0 Å². The van der Waals surface area contributed by atoms with Gasteiger partial charge < -0.3 is 8.85 Å². The zero-order valence-electron chi connectivity index (χ0n) is 11.1. The van der Waals surface area contributed by atoms with Crippen molar-refractivity contribution < 1.29 is 8.85 Å². The average Bonchev–Trinajstić information content (AvgIpc) is 1.97. The van der Waals surface area contributed by atoms with Crippen LogP contribution in [-0.4, -0.2) is 49.6 Å². The maximum absolute atomic E-state index is 6.03. The zero-order valence-corrected chi connectivity index (χ0v) is 14.0. The first-order chi connectivity index (χ1) is 6.47. The van der Waals surface area contributed by atoms with E-state index >= 15 is 0 Å². The van der Waals surface area contributed by atoms with Gasteiger partial charge in [0.05, 0.1) is 9.39 Å². The fourth-order valence-electron chi connectivity index (χ4n) is 1.18. The summed E-state index contributed by atoms with van der Waals surface area (Å²) in [7, 11) is 2.83. The predicted octanol–water partition coefficient (Wildman–Crippen LogP) is 2.45. The minimum Gasteiger partial charge on any atom is -0.397 e. The van der Waals surface area contributed by atoms with Crippen molar-refractivity contribution >= 4 is 27.4 Å². The minimum absolute atomic E-state index is 0.206. The summed E-state index contributed by atoms with van der Waals surface area (Å²) in [6, 6.07) is 0. The van der Waals surface area contributed by atoms with E-state index in [2.05, 4.69) is 49.2 Å². The van der Waals surface area contributed by atoms with Crippen molar-refractivity contribution in [1.29, 1.82) is 0 Å². The monoisotopic (exact) mass is 265 g/mol. The highest BCUT2D eigenvalue weighted by Crippen LogP contribution is 2.37. The van der Waals surface area contributed by atoms with Gasteiger partial charge in [0.2, 0.25) is 0 Å². The van der Waals surface area contributed by atoms with Crippen molar-refractivity contribution in [2.45, 2.75) is 27.3 Å². The maximum Gasteiger partial charge on any atom is 0.342 e. The molecule has 0 saturated heterocycles. The molecular formula is C10H25O2SSi2. The Hall–Kier alpha value is 0.704. The van der Waals surface area contributed by atoms with Crippen LogP contribution in [0.1, 0.15) is 20.8 Å². The van der Waals surface area contributed by atoms with Gasteiger partial charge in [0.25, 0.3) is 0 Å². The van der Waals surface area contributed by atoms with Gasteiger partial charge in [-0.2, -0.15) is 0 Å². The second-order valence-corrected chi connectivity index (χ2v) is 16.4. The molecule has 0 N–H and O–H groups in total. The Morgan fingerprint density at radius 2 is 1.73 bits per heavy atom. The summed E-state index contributed by atoms with van der Waals surface area (Å²) < 4.78 is 11.6. The van der Waals surface area contributed by atoms with Crippen LogP contribution in [0.2, 0.25) is 6.55 Å². The lowest BCUT2D eigenvalue weighted by atomic mass is 9.99. The van der Waals surface area contributed by atoms with Crippen LogP contribution >= 0.6 is 9.48 Å². The van der Waals surface area contributed by atoms with E-state index in [1.54, 1.807) is 7.11 Å². The van der Waals surface area contributed by atoms with Crippen LogP contribution in [0.25, 0.3) is 0 Å². The molecule has 0 amide bonds. The van der Waals surface area contributed by atoms with Gasteiger partial charge in [0, 0.05) is 19.1 Å². The largest absolute Gasteiger partial charge is 0.397 e. The summed E-state index contributed by atoms with van der Waals surface area (Å²) in [5.41, 5.74) is 0.206. The summed E-state index contributed by atoms with van der Waals surface area (Å²) in [6.45, 7) is 9.47. The average molecular weight is 266 g/mol. The van der Waals surface area contributed by atoms with Crippen LogP contribution in [0.15, 0.2) is 0 Å². The quantitative estimate of drug-likeness (QED) is 0.711. The summed E-state index contributed by atoms with van der Waals surface area (Å²) in [6.07, 6.45) is 4.46. The van der Waals surface area contributed by atoms with E-state index in [9.17, 15) is 0 Å². The van der Waals surface area contributed by atoms with Gasteiger partial charge in [-0.3, -0.25) is 9.48 Å². The van der Waals surface area contributed by atoms with E-state index in [0.29, 0.717) is 0 Å². The van der Waals surface area contributed by atoms with Gasteiger partial charge in [-0.1, -0.05) is 20.8 Å². The van der Waals surface area contributed by atoms with Crippen LogP contribution in [0.5, 0.6) is 0 Å². The zero-order chi connectivity index (χ0) is 12.3. The van der Waals surface area contributed by atoms with Crippen LogP contribution in [0.3, 0.4) is 0 Å². The highest BCUT2D eigenvalue weighted by atomic mass is 32.4. The van der Waals surface area contributed by atoms with E-state index in [4.69, 9.17) is 8.85 Å². The highest BCUT2D eigenvalue weighted by molar-refractivity contribution is 8.49. The van der Waals surface area contributed by atoms with Gasteiger partial charge in [0.15, 0.2) is 0 Å². The second-order valence-electron chi connectivity index (χ2n) is 5.87. The van der Waals surface area contributed by atoms with Gasteiger partial charge in [-0.05, 0) is 24.5 Å². The van der Waals surface area contributed by atoms with Crippen molar-refractivity contribution in [2.24, 2.45) is 5.41 Å². The molecule has 0 aromatic carbocycles. The van der Waals surface area contributed by atoms with Crippen LogP contribution in [0.4, 0.5) is 0 Å². The molecule has 0 aromatic heterocycles. The van der Waals surface area contributed by atoms with Gasteiger partial charge >= 0.3 is 8.56 Å². The lowest BCUT2D eigenvalue weighted by Crippen LogP contribution is -2.45. The molecule has 5 heteroatoms. The van der Waals surface area contributed by atoms with E-state index in [1.807, 2.05) is 0 Å². The topological polar surface area (TPSA) is 18.5 Å². The van der Waals surface area contributed by atoms with Crippen molar-refractivity contribution in [3.8, 4) is 0 Å². The Bertz CT molecular complexity index is 199. The molecule has 0 heterocycles. The fraction of sp³-hybridized carbons (Fsp3) is 1.00. The first-order valence-corrected chi connectivity index (χ1v) is 11.5. The molecule has 0 rings (SSSR count). The SMILES string of the molecule is CO[Si](C)(CS(C)(C)[Si])OCC(C)(C)C. The van der Waals surface area contributed by atoms with Gasteiger partial charge in [-0.15, -0.1) is 0 Å². The standard InChI is InChI=1S/C10H25O2SSi2/c1-10(2,3)8-12-15(7,11-4)9-13(5,6)14/h8-9H2,1-7H3. The third-order valence-electron chi connectivity index (χ3n) is 1.87. The Kier molecular flexibility index (Phi) is 5.61. The third kappa shape index (κ3) is 8.50. The van der Waals surface area contributed by atoms with E-state index in [1.165, 1.54) is 0 Å². The first kappa shape index (κ1) is 15.7. The Labute approximate surface area is 101 Å². The van der Waals surface area contributed by atoms with Gasteiger partial charge in [0.1, 0.15) is 0 Å². The lowest BCUT2D eigenvalue weighted by Gasteiger charge is -2.36. The van der Waals surface area contributed by atoms with E-state index in [-0.39, 0.29) is 5.41 Å². The molecule has 0 aliphatic rings. The Balaban J connectivity index is 4.32. The molecular weight excluding hydrogens is 240 g/mol. The van der Waals surface area contributed by atoms with Crippen LogP contribution in [-0.2, 0) is 8.85 Å². The molecule has 1 atom stereocenters. The number of rotatable bonds is 5. The van der Waals surface area contributed by atoms with Crippen molar-refractivity contribution in [2.75, 3.05) is 31.6 Å². The molecule has 3 radical (unpaired) electrons. The summed E-state index contributed by atoms with van der Waals surface area (Å²) in [5, 5.41) is 1.03. The molecule has 15 heavy (non-hydrogen) atoms.